The van der Waals surface area contributed by atoms with E-state index in [1.165, 1.54) is 0 Å². The maximum Gasteiger partial charge on any atom is 0.217 e. The SMILES string of the molecule is Cn1ncc2c1ncn1nc(-c3ccc(COc4ccc(Br)cc4)o3)nc21. The number of furan rings is 1. The molecule has 4 aromatic heterocycles. The Morgan fingerprint density at radius 3 is 2.81 bits per heavy atom. The van der Waals surface area contributed by atoms with Crippen molar-refractivity contribution in [3.63, 3.8) is 0 Å². The molecule has 5 rings (SSSR count). The molecule has 0 aliphatic rings. The number of halogens is 1. The molecule has 0 saturated carbocycles. The molecule has 0 radical (unpaired) electrons. The monoisotopic (exact) mass is 424 g/mol. The zero-order valence-corrected chi connectivity index (χ0v) is 15.8. The lowest BCUT2D eigenvalue weighted by Gasteiger charge is -2.03. The molecule has 0 unspecified atom stereocenters. The summed E-state index contributed by atoms with van der Waals surface area (Å²) in [5, 5.41) is 9.51. The van der Waals surface area contributed by atoms with Gasteiger partial charge in [-0.15, -0.1) is 5.10 Å². The molecule has 1 aromatic carbocycles. The van der Waals surface area contributed by atoms with Gasteiger partial charge in [-0.3, -0.25) is 4.68 Å². The molecule has 0 aliphatic carbocycles. The van der Waals surface area contributed by atoms with Crippen LogP contribution in [-0.4, -0.2) is 29.4 Å². The Balaban J connectivity index is 1.42. The van der Waals surface area contributed by atoms with Crippen LogP contribution in [0.2, 0.25) is 0 Å². The van der Waals surface area contributed by atoms with E-state index < -0.39 is 0 Å². The van der Waals surface area contributed by atoms with Gasteiger partial charge in [0.25, 0.3) is 0 Å². The summed E-state index contributed by atoms with van der Waals surface area (Å²) in [5.74, 6) is 2.52. The predicted molar refractivity (Wildman–Crippen MR) is 101 cm³/mol. The Hall–Kier alpha value is -3.20. The van der Waals surface area contributed by atoms with Crippen molar-refractivity contribution in [1.29, 1.82) is 0 Å². The average Bonchev–Trinajstić information content (AvgIpc) is 3.39. The number of hydrogen-bond acceptors (Lipinski definition) is 6. The first-order valence-corrected chi connectivity index (χ1v) is 8.97. The van der Waals surface area contributed by atoms with Crippen LogP contribution in [0.3, 0.4) is 0 Å². The van der Waals surface area contributed by atoms with Gasteiger partial charge >= 0.3 is 0 Å². The van der Waals surface area contributed by atoms with Crippen LogP contribution < -0.4 is 4.74 Å². The predicted octanol–water partition coefficient (Wildman–Crippen LogP) is 3.61. The number of nitrogens with zero attached hydrogens (tertiary/aromatic N) is 6. The van der Waals surface area contributed by atoms with E-state index in [0.29, 0.717) is 29.6 Å². The molecule has 0 N–H and O–H groups in total. The summed E-state index contributed by atoms with van der Waals surface area (Å²) in [6.07, 6.45) is 3.35. The van der Waals surface area contributed by atoms with Crippen molar-refractivity contribution in [3.8, 4) is 17.3 Å². The number of ether oxygens (including phenoxy) is 1. The van der Waals surface area contributed by atoms with Crippen molar-refractivity contribution in [3.05, 3.63) is 59.2 Å². The average molecular weight is 425 g/mol. The van der Waals surface area contributed by atoms with Gasteiger partial charge in [-0.2, -0.15) is 5.10 Å². The largest absolute Gasteiger partial charge is 0.486 e. The summed E-state index contributed by atoms with van der Waals surface area (Å²) in [4.78, 5) is 8.94. The van der Waals surface area contributed by atoms with Crippen LogP contribution in [0.15, 0.2) is 57.8 Å². The summed E-state index contributed by atoms with van der Waals surface area (Å²) in [6, 6.07) is 11.3. The van der Waals surface area contributed by atoms with Crippen molar-refractivity contribution in [2.75, 3.05) is 0 Å². The molecule has 134 valence electrons. The molecule has 0 amide bonds. The van der Waals surface area contributed by atoms with Crippen molar-refractivity contribution >= 4 is 32.6 Å². The topological polar surface area (TPSA) is 83.3 Å². The van der Waals surface area contributed by atoms with Gasteiger partial charge in [0.1, 0.15) is 24.4 Å². The van der Waals surface area contributed by atoms with Crippen LogP contribution >= 0.6 is 15.9 Å². The quantitative estimate of drug-likeness (QED) is 0.438. The molecule has 0 bridgehead atoms. The zero-order valence-electron chi connectivity index (χ0n) is 14.2. The van der Waals surface area contributed by atoms with Gasteiger partial charge in [0.05, 0.1) is 11.6 Å². The van der Waals surface area contributed by atoms with Gasteiger partial charge in [-0.25, -0.2) is 14.5 Å². The van der Waals surface area contributed by atoms with E-state index in [-0.39, 0.29) is 0 Å². The second-order valence-corrected chi connectivity index (χ2v) is 6.88. The van der Waals surface area contributed by atoms with Crippen molar-refractivity contribution in [1.82, 2.24) is 29.4 Å². The molecule has 0 saturated heterocycles. The lowest BCUT2D eigenvalue weighted by Crippen LogP contribution is -1.94. The van der Waals surface area contributed by atoms with E-state index in [1.807, 2.05) is 43.4 Å². The first-order chi connectivity index (χ1) is 13.2. The molecule has 0 spiro atoms. The Morgan fingerprint density at radius 2 is 1.96 bits per heavy atom. The molecular weight excluding hydrogens is 412 g/mol. The molecule has 0 aliphatic heterocycles. The summed E-state index contributed by atoms with van der Waals surface area (Å²) in [7, 11) is 1.84. The Kier molecular flexibility index (Phi) is 3.68. The highest BCUT2D eigenvalue weighted by molar-refractivity contribution is 9.10. The summed E-state index contributed by atoms with van der Waals surface area (Å²) >= 11 is 3.40. The Labute approximate surface area is 161 Å². The van der Waals surface area contributed by atoms with Crippen LogP contribution in [-0.2, 0) is 13.7 Å². The highest BCUT2D eigenvalue weighted by atomic mass is 79.9. The van der Waals surface area contributed by atoms with Crippen LogP contribution in [0.5, 0.6) is 5.75 Å². The first kappa shape index (κ1) is 16.0. The van der Waals surface area contributed by atoms with Crippen LogP contribution in [0, 0.1) is 0 Å². The fourth-order valence-electron chi connectivity index (χ4n) is 2.80. The molecule has 5 aromatic rings. The highest BCUT2D eigenvalue weighted by Crippen LogP contribution is 2.23. The van der Waals surface area contributed by atoms with Crippen LogP contribution in [0.4, 0.5) is 0 Å². The number of aromatic nitrogens is 6. The molecular formula is C18H13BrN6O2. The van der Waals surface area contributed by atoms with E-state index in [4.69, 9.17) is 9.15 Å². The maximum atomic E-state index is 5.85. The van der Waals surface area contributed by atoms with Gasteiger partial charge in [0.2, 0.25) is 5.82 Å². The smallest absolute Gasteiger partial charge is 0.217 e. The second kappa shape index (κ2) is 6.20. The molecule has 0 fully saturated rings. The van der Waals surface area contributed by atoms with Crippen LogP contribution in [0.1, 0.15) is 5.76 Å². The minimum absolute atomic E-state index is 0.323. The standard InChI is InChI=1S/C18H13BrN6O2/c1-24-17-14(8-21-24)18-22-16(23-25(18)10-20-17)15-7-6-13(27-15)9-26-12-4-2-11(19)3-5-12/h2-8,10H,9H2,1H3. The Morgan fingerprint density at radius 1 is 1.11 bits per heavy atom. The number of benzene rings is 1. The van der Waals surface area contributed by atoms with Crippen LogP contribution in [0.25, 0.3) is 28.3 Å². The fourth-order valence-corrected chi connectivity index (χ4v) is 3.07. The van der Waals surface area contributed by atoms with E-state index in [2.05, 4.69) is 36.1 Å². The number of aryl methyl sites for hydroxylation is 1. The number of hydrogen-bond donors (Lipinski definition) is 0. The molecule has 8 nitrogen and oxygen atoms in total. The number of rotatable bonds is 4. The van der Waals surface area contributed by atoms with Gasteiger partial charge in [-0.1, -0.05) is 15.9 Å². The van der Waals surface area contributed by atoms with E-state index >= 15 is 0 Å². The maximum absolute atomic E-state index is 5.85. The van der Waals surface area contributed by atoms with Gasteiger partial charge in [-0.05, 0) is 36.4 Å². The zero-order chi connectivity index (χ0) is 18.4. The minimum Gasteiger partial charge on any atom is -0.486 e. The molecule has 27 heavy (non-hydrogen) atoms. The third kappa shape index (κ3) is 2.85. The summed E-state index contributed by atoms with van der Waals surface area (Å²) in [6.45, 7) is 0.323. The minimum atomic E-state index is 0.323. The lowest BCUT2D eigenvalue weighted by molar-refractivity contribution is 0.271. The van der Waals surface area contributed by atoms with Gasteiger partial charge < -0.3 is 9.15 Å². The molecule has 4 heterocycles. The second-order valence-electron chi connectivity index (χ2n) is 5.96. The van der Waals surface area contributed by atoms with Crippen molar-refractivity contribution in [2.24, 2.45) is 7.05 Å². The van der Waals surface area contributed by atoms with Gasteiger partial charge in [0, 0.05) is 11.5 Å². The molecule has 9 heteroatoms. The third-order valence-electron chi connectivity index (χ3n) is 4.15. The Bertz CT molecular complexity index is 1250. The van der Waals surface area contributed by atoms with E-state index in [9.17, 15) is 0 Å². The van der Waals surface area contributed by atoms with Crippen molar-refractivity contribution < 1.29 is 9.15 Å². The van der Waals surface area contributed by atoms with Gasteiger partial charge in [0.15, 0.2) is 17.1 Å². The molecule has 0 atom stereocenters. The third-order valence-corrected chi connectivity index (χ3v) is 4.67. The normalized spacial score (nSPS) is 11.5. The van der Waals surface area contributed by atoms with Crippen molar-refractivity contribution in [2.45, 2.75) is 6.61 Å². The number of fused-ring (bicyclic) bond motifs is 3. The highest BCUT2D eigenvalue weighted by Gasteiger charge is 2.15. The lowest BCUT2D eigenvalue weighted by atomic mass is 10.3. The first-order valence-electron chi connectivity index (χ1n) is 8.18. The fraction of sp³-hybridized carbons (Fsp3) is 0.111. The van der Waals surface area contributed by atoms with E-state index in [0.717, 1.165) is 21.3 Å². The van der Waals surface area contributed by atoms with E-state index in [1.54, 1.807) is 21.7 Å². The summed E-state index contributed by atoms with van der Waals surface area (Å²) < 4.78 is 15.9. The summed E-state index contributed by atoms with van der Waals surface area (Å²) in [5.41, 5.74) is 1.44.